The highest BCUT2D eigenvalue weighted by atomic mass is 35.5. The van der Waals surface area contributed by atoms with Crippen molar-refractivity contribution in [3.8, 4) is 5.75 Å². The van der Waals surface area contributed by atoms with E-state index in [1.165, 1.54) is 0 Å². The predicted octanol–water partition coefficient (Wildman–Crippen LogP) is 3.91. The first-order chi connectivity index (χ1) is 13.8. The average Bonchev–Trinajstić information content (AvgIpc) is 2.59. The molecule has 0 spiro atoms. The highest BCUT2D eigenvalue weighted by molar-refractivity contribution is 6.30. The second-order valence-corrected chi connectivity index (χ2v) is 9.93. The smallest absolute Gasteiger partial charge is 0.410 e. The molecule has 0 aliphatic carbocycles. The Balaban J connectivity index is 1.92. The number of halogens is 1. The lowest BCUT2D eigenvalue weighted by Crippen LogP contribution is -2.49. The summed E-state index contributed by atoms with van der Waals surface area (Å²) in [6.07, 6.45) is -1.31. The first-order valence-electron chi connectivity index (χ1n) is 10.3. The van der Waals surface area contributed by atoms with Crippen molar-refractivity contribution in [3.05, 3.63) is 28.8 Å². The van der Waals surface area contributed by atoms with Gasteiger partial charge in [0.05, 0.1) is 5.60 Å². The summed E-state index contributed by atoms with van der Waals surface area (Å²) in [4.78, 5) is 16.2. The number of hydrogen-bond acceptors (Lipinski definition) is 6. The molecule has 0 saturated carbocycles. The molecule has 1 aromatic carbocycles. The van der Waals surface area contributed by atoms with Gasteiger partial charge in [-0.05, 0) is 53.7 Å². The molecule has 1 atom stereocenters. The van der Waals surface area contributed by atoms with Crippen molar-refractivity contribution in [2.24, 2.45) is 0 Å². The number of rotatable bonds is 6. The molecule has 1 fully saturated rings. The molecule has 7 nitrogen and oxygen atoms in total. The fourth-order valence-electron chi connectivity index (χ4n) is 3.05. The van der Waals surface area contributed by atoms with E-state index in [0.29, 0.717) is 30.4 Å². The van der Waals surface area contributed by atoms with Crippen molar-refractivity contribution < 1.29 is 24.1 Å². The monoisotopic (exact) mass is 442 g/mol. The van der Waals surface area contributed by atoms with Crippen LogP contribution in [0.1, 0.15) is 47.1 Å². The summed E-state index contributed by atoms with van der Waals surface area (Å²) in [5.74, 6) is 0.619. The first kappa shape index (κ1) is 24.7. The van der Waals surface area contributed by atoms with Crippen molar-refractivity contribution in [2.75, 3.05) is 32.8 Å². The Morgan fingerprint density at radius 3 is 2.30 bits per heavy atom. The Morgan fingerprint density at radius 2 is 1.73 bits per heavy atom. The molecule has 0 bridgehead atoms. The van der Waals surface area contributed by atoms with Gasteiger partial charge in [0, 0.05) is 43.3 Å². The number of aliphatic hydroxyl groups excluding tert-OH is 1. The van der Waals surface area contributed by atoms with Crippen molar-refractivity contribution in [1.82, 2.24) is 9.80 Å². The predicted molar refractivity (Wildman–Crippen MR) is 117 cm³/mol. The van der Waals surface area contributed by atoms with E-state index in [4.69, 9.17) is 25.8 Å². The summed E-state index contributed by atoms with van der Waals surface area (Å²) >= 11 is 6.14. The van der Waals surface area contributed by atoms with Gasteiger partial charge < -0.3 is 24.2 Å². The molecule has 1 N–H and O–H groups in total. The summed E-state index contributed by atoms with van der Waals surface area (Å²) in [6.45, 7) is 14.6. The van der Waals surface area contributed by atoms with Gasteiger partial charge in [0.2, 0.25) is 0 Å². The summed E-state index contributed by atoms with van der Waals surface area (Å²) in [7, 11) is 0. The fourth-order valence-corrected chi connectivity index (χ4v) is 3.21. The van der Waals surface area contributed by atoms with E-state index >= 15 is 0 Å². The standard InChI is InChI=1S/C22H35ClN2O5/c1-21(2,3)29-19(26)15-28-18-13-17(23)8-7-16(18)14-24-9-11-25(12-10-24)20(27)30-22(4,5)6/h7-8,13,19,26H,9-12,14-15H2,1-6H3. The average molecular weight is 443 g/mol. The number of carbonyl (C=O) groups excluding carboxylic acids is 1. The van der Waals surface area contributed by atoms with Crippen LogP contribution in [0.5, 0.6) is 5.75 Å². The molecule has 1 aliphatic heterocycles. The van der Waals surface area contributed by atoms with Crippen molar-refractivity contribution in [3.63, 3.8) is 0 Å². The molecule has 8 heteroatoms. The third kappa shape index (κ3) is 8.68. The molecule has 170 valence electrons. The summed E-state index contributed by atoms with van der Waals surface area (Å²) in [6, 6.07) is 5.50. The Kier molecular flexibility index (Phi) is 8.39. The van der Waals surface area contributed by atoms with Crippen LogP contribution in [0.4, 0.5) is 4.79 Å². The lowest BCUT2D eigenvalue weighted by Gasteiger charge is -2.35. The maximum atomic E-state index is 12.2. The Labute approximate surface area is 184 Å². The minimum absolute atomic E-state index is 0.0109. The Bertz CT molecular complexity index is 706. The van der Waals surface area contributed by atoms with Crippen LogP contribution in [0.3, 0.4) is 0 Å². The number of nitrogens with zero attached hydrogens (tertiary/aromatic N) is 2. The lowest BCUT2D eigenvalue weighted by molar-refractivity contribution is -0.178. The molecular weight excluding hydrogens is 408 g/mol. The van der Waals surface area contributed by atoms with Crippen LogP contribution in [0.2, 0.25) is 5.02 Å². The number of carbonyl (C=O) groups is 1. The SMILES string of the molecule is CC(C)(C)OC(=O)N1CCN(Cc2ccc(Cl)cc2OCC(O)OC(C)(C)C)CC1. The van der Waals surface area contributed by atoms with Gasteiger partial charge in [-0.1, -0.05) is 17.7 Å². The number of hydrogen-bond donors (Lipinski definition) is 1. The third-order valence-corrected chi connectivity index (χ3v) is 4.55. The van der Waals surface area contributed by atoms with E-state index in [1.807, 2.05) is 53.7 Å². The fraction of sp³-hybridized carbons (Fsp3) is 0.682. The Hall–Kier alpha value is -1.54. The Morgan fingerprint density at radius 1 is 1.10 bits per heavy atom. The van der Waals surface area contributed by atoms with E-state index < -0.39 is 17.5 Å². The van der Waals surface area contributed by atoms with Crippen LogP contribution in [0.15, 0.2) is 18.2 Å². The zero-order chi connectivity index (χ0) is 22.5. The van der Waals surface area contributed by atoms with Gasteiger partial charge in [0.15, 0.2) is 6.29 Å². The van der Waals surface area contributed by atoms with Crippen molar-refractivity contribution >= 4 is 17.7 Å². The van der Waals surface area contributed by atoms with E-state index in [9.17, 15) is 9.90 Å². The van der Waals surface area contributed by atoms with Crippen LogP contribution in [-0.2, 0) is 16.0 Å². The lowest BCUT2D eigenvalue weighted by atomic mass is 10.1. The third-order valence-electron chi connectivity index (χ3n) is 4.32. The number of ether oxygens (including phenoxy) is 3. The highest BCUT2D eigenvalue weighted by Crippen LogP contribution is 2.26. The minimum Gasteiger partial charge on any atom is -0.488 e. The van der Waals surface area contributed by atoms with Crippen molar-refractivity contribution in [2.45, 2.75) is 65.6 Å². The molecule has 2 rings (SSSR count). The minimum atomic E-state index is -1.03. The maximum Gasteiger partial charge on any atom is 0.410 e. The first-order valence-corrected chi connectivity index (χ1v) is 10.7. The molecular formula is C22H35ClN2O5. The summed E-state index contributed by atoms with van der Waals surface area (Å²) < 4.78 is 16.7. The molecule has 0 aromatic heterocycles. The zero-order valence-electron chi connectivity index (χ0n) is 18.9. The molecule has 0 radical (unpaired) electrons. The van der Waals surface area contributed by atoms with Gasteiger partial charge in [-0.15, -0.1) is 0 Å². The second kappa shape index (κ2) is 10.2. The number of piperazine rings is 1. The van der Waals surface area contributed by atoms with E-state index in [-0.39, 0.29) is 12.7 Å². The van der Waals surface area contributed by atoms with Crippen LogP contribution >= 0.6 is 11.6 Å². The van der Waals surface area contributed by atoms with Crippen LogP contribution < -0.4 is 4.74 Å². The quantitative estimate of drug-likeness (QED) is 0.673. The zero-order valence-corrected chi connectivity index (χ0v) is 19.7. The van der Waals surface area contributed by atoms with E-state index in [0.717, 1.165) is 18.7 Å². The molecule has 1 unspecified atom stereocenters. The molecule has 1 amide bonds. The van der Waals surface area contributed by atoms with Gasteiger partial charge >= 0.3 is 6.09 Å². The van der Waals surface area contributed by atoms with Crippen LogP contribution in [0, 0.1) is 0 Å². The molecule has 1 aliphatic rings. The normalized spacial score (nSPS) is 17.0. The number of amides is 1. The van der Waals surface area contributed by atoms with Crippen LogP contribution in [-0.4, -0.2) is 71.3 Å². The van der Waals surface area contributed by atoms with Crippen molar-refractivity contribution in [1.29, 1.82) is 0 Å². The number of benzene rings is 1. The number of aliphatic hydroxyl groups is 1. The highest BCUT2D eigenvalue weighted by Gasteiger charge is 2.26. The molecule has 1 aromatic rings. The van der Waals surface area contributed by atoms with Gasteiger partial charge in [-0.25, -0.2) is 4.79 Å². The van der Waals surface area contributed by atoms with Gasteiger partial charge in [0.25, 0.3) is 0 Å². The van der Waals surface area contributed by atoms with E-state index in [1.54, 1.807) is 11.0 Å². The summed E-state index contributed by atoms with van der Waals surface area (Å²) in [5.41, 5.74) is 0.00628. The second-order valence-electron chi connectivity index (χ2n) is 9.49. The largest absolute Gasteiger partial charge is 0.488 e. The van der Waals surface area contributed by atoms with Gasteiger partial charge in [0.1, 0.15) is 18.0 Å². The molecule has 1 heterocycles. The maximum absolute atomic E-state index is 12.2. The van der Waals surface area contributed by atoms with E-state index in [2.05, 4.69) is 4.90 Å². The molecule has 30 heavy (non-hydrogen) atoms. The summed E-state index contributed by atoms with van der Waals surface area (Å²) in [5, 5.41) is 10.6. The molecule has 1 saturated heterocycles. The topological polar surface area (TPSA) is 71.5 Å². The van der Waals surface area contributed by atoms with Gasteiger partial charge in [-0.2, -0.15) is 0 Å². The van der Waals surface area contributed by atoms with Gasteiger partial charge in [-0.3, -0.25) is 4.90 Å². The van der Waals surface area contributed by atoms with Crippen LogP contribution in [0.25, 0.3) is 0 Å².